The smallest absolute Gasteiger partial charge is 0.213 e. The van der Waals surface area contributed by atoms with Crippen LogP contribution >= 0.6 is 0 Å². The van der Waals surface area contributed by atoms with Gasteiger partial charge in [-0.1, -0.05) is 13.0 Å². The average molecular weight is 278 g/mol. The first-order chi connectivity index (χ1) is 9.44. The minimum Gasteiger partial charge on any atom is -0.478 e. The van der Waals surface area contributed by atoms with E-state index in [9.17, 15) is 0 Å². The van der Waals surface area contributed by atoms with E-state index >= 15 is 0 Å². The molecule has 1 rings (SSSR count). The lowest BCUT2D eigenvalue weighted by molar-refractivity contribution is 0.305. The third-order valence-corrected chi connectivity index (χ3v) is 2.43. The zero-order chi connectivity index (χ0) is 15.0. The van der Waals surface area contributed by atoms with E-state index in [1.54, 1.807) is 7.05 Å². The lowest BCUT2D eigenvalue weighted by Crippen LogP contribution is -2.47. The average Bonchev–Trinajstić information content (AvgIpc) is 2.41. The Labute approximate surface area is 121 Å². The fraction of sp³-hybridized carbons (Fsp3) is 0.600. The van der Waals surface area contributed by atoms with Crippen LogP contribution in [0.15, 0.2) is 23.3 Å². The van der Waals surface area contributed by atoms with E-state index in [0.717, 1.165) is 17.9 Å². The van der Waals surface area contributed by atoms with Crippen molar-refractivity contribution in [2.24, 2.45) is 4.99 Å². The highest BCUT2D eigenvalue weighted by molar-refractivity contribution is 5.80. The Morgan fingerprint density at radius 2 is 2.10 bits per heavy atom. The molecule has 0 aliphatic rings. The molecular weight excluding hydrogens is 252 g/mol. The predicted molar refractivity (Wildman–Crippen MR) is 83.1 cm³/mol. The zero-order valence-corrected chi connectivity index (χ0v) is 13.2. The summed E-state index contributed by atoms with van der Waals surface area (Å²) in [5.74, 6) is 1.46. The Bertz CT molecular complexity index is 420. The van der Waals surface area contributed by atoms with Crippen LogP contribution in [0, 0.1) is 0 Å². The molecule has 0 unspecified atom stereocenters. The van der Waals surface area contributed by atoms with Gasteiger partial charge >= 0.3 is 0 Å². The summed E-state index contributed by atoms with van der Waals surface area (Å²) in [5, 5.41) is 6.57. The van der Waals surface area contributed by atoms with Gasteiger partial charge in [0, 0.05) is 31.4 Å². The van der Waals surface area contributed by atoms with Gasteiger partial charge < -0.3 is 15.4 Å². The van der Waals surface area contributed by atoms with Crippen LogP contribution in [0.2, 0.25) is 0 Å². The maximum absolute atomic E-state index is 5.46. The summed E-state index contributed by atoms with van der Waals surface area (Å²) in [7, 11) is 1.76. The van der Waals surface area contributed by atoms with Crippen LogP contribution in [0.1, 0.15) is 39.7 Å². The molecule has 0 bridgehead atoms. The third kappa shape index (κ3) is 6.41. The van der Waals surface area contributed by atoms with Crippen molar-refractivity contribution in [2.45, 2.75) is 46.2 Å². The van der Waals surface area contributed by atoms with E-state index in [4.69, 9.17) is 4.74 Å². The van der Waals surface area contributed by atoms with Gasteiger partial charge in [0.1, 0.15) is 0 Å². The first-order valence-corrected chi connectivity index (χ1v) is 7.01. The summed E-state index contributed by atoms with van der Waals surface area (Å²) in [6.07, 6.45) is 2.81. The highest BCUT2D eigenvalue weighted by atomic mass is 16.5. The minimum atomic E-state index is -0.0159. The SMILES string of the molecule is CCCOc1ccc(CNC(=NC)NC(C)(C)C)cn1. The molecule has 0 saturated carbocycles. The Balaban J connectivity index is 2.48. The van der Waals surface area contributed by atoms with Gasteiger partial charge in [-0.3, -0.25) is 4.99 Å². The van der Waals surface area contributed by atoms with Crippen LogP contribution in [0.5, 0.6) is 5.88 Å². The van der Waals surface area contributed by atoms with Crippen molar-refractivity contribution in [1.29, 1.82) is 0 Å². The van der Waals surface area contributed by atoms with E-state index < -0.39 is 0 Å². The van der Waals surface area contributed by atoms with Crippen molar-refractivity contribution < 1.29 is 4.74 Å². The van der Waals surface area contributed by atoms with Crippen molar-refractivity contribution in [1.82, 2.24) is 15.6 Å². The number of nitrogens with zero attached hydrogens (tertiary/aromatic N) is 2. The van der Waals surface area contributed by atoms with Gasteiger partial charge in [-0.05, 0) is 32.8 Å². The molecule has 1 heterocycles. The van der Waals surface area contributed by atoms with Crippen LogP contribution in [-0.2, 0) is 6.54 Å². The van der Waals surface area contributed by atoms with Crippen molar-refractivity contribution >= 4 is 5.96 Å². The number of hydrogen-bond donors (Lipinski definition) is 2. The number of guanidine groups is 1. The first-order valence-electron chi connectivity index (χ1n) is 7.01. The summed E-state index contributed by atoms with van der Waals surface area (Å²) in [4.78, 5) is 8.47. The second-order valence-corrected chi connectivity index (χ2v) is 5.65. The van der Waals surface area contributed by atoms with Gasteiger partial charge in [0.2, 0.25) is 5.88 Å². The van der Waals surface area contributed by atoms with Crippen LogP contribution in [0.4, 0.5) is 0 Å². The quantitative estimate of drug-likeness (QED) is 0.641. The van der Waals surface area contributed by atoms with E-state index in [0.29, 0.717) is 19.0 Å². The Hall–Kier alpha value is -1.78. The van der Waals surface area contributed by atoms with Gasteiger partial charge in [-0.2, -0.15) is 0 Å². The summed E-state index contributed by atoms with van der Waals surface area (Å²) in [6, 6.07) is 3.90. The highest BCUT2D eigenvalue weighted by Crippen LogP contribution is 2.07. The number of rotatable bonds is 5. The first kappa shape index (κ1) is 16.3. The number of aromatic nitrogens is 1. The summed E-state index contributed by atoms with van der Waals surface area (Å²) in [6.45, 7) is 9.75. The molecule has 0 amide bonds. The molecule has 1 aromatic heterocycles. The Morgan fingerprint density at radius 3 is 2.60 bits per heavy atom. The molecule has 0 aliphatic heterocycles. The van der Waals surface area contributed by atoms with Gasteiger partial charge in [-0.15, -0.1) is 0 Å². The minimum absolute atomic E-state index is 0.0159. The van der Waals surface area contributed by atoms with Crippen LogP contribution in [-0.4, -0.2) is 30.1 Å². The summed E-state index contributed by atoms with van der Waals surface area (Å²) < 4.78 is 5.46. The van der Waals surface area contributed by atoms with Crippen LogP contribution in [0.3, 0.4) is 0 Å². The zero-order valence-electron chi connectivity index (χ0n) is 13.2. The molecule has 0 atom stereocenters. The molecular formula is C15H26N4O. The van der Waals surface area contributed by atoms with Gasteiger partial charge in [0.15, 0.2) is 5.96 Å². The molecule has 20 heavy (non-hydrogen) atoms. The van der Waals surface area contributed by atoms with Crippen molar-refractivity contribution in [3.63, 3.8) is 0 Å². The second-order valence-electron chi connectivity index (χ2n) is 5.65. The maximum atomic E-state index is 5.46. The van der Waals surface area contributed by atoms with Gasteiger partial charge in [-0.25, -0.2) is 4.98 Å². The summed E-state index contributed by atoms with van der Waals surface area (Å²) >= 11 is 0. The van der Waals surface area contributed by atoms with Crippen LogP contribution in [0.25, 0.3) is 0 Å². The number of hydrogen-bond acceptors (Lipinski definition) is 3. The topological polar surface area (TPSA) is 58.5 Å². The molecule has 5 nitrogen and oxygen atoms in total. The second kappa shape index (κ2) is 7.72. The van der Waals surface area contributed by atoms with Crippen molar-refractivity contribution in [3.05, 3.63) is 23.9 Å². The number of aliphatic imine (C=N–C) groups is 1. The third-order valence-electron chi connectivity index (χ3n) is 2.43. The van der Waals surface area contributed by atoms with Gasteiger partial charge in [0.25, 0.3) is 0 Å². The molecule has 0 saturated heterocycles. The van der Waals surface area contributed by atoms with Crippen LogP contribution < -0.4 is 15.4 Å². The van der Waals surface area contributed by atoms with E-state index in [2.05, 4.69) is 48.3 Å². The molecule has 112 valence electrons. The molecule has 1 aromatic rings. The highest BCUT2D eigenvalue weighted by Gasteiger charge is 2.11. The molecule has 5 heteroatoms. The predicted octanol–water partition coefficient (Wildman–Crippen LogP) is 2.33. The number of ether oxygens (including phenoxy) is 1. The standard InChI is InChI=1S/C15H26N4O/c1-6-9-20-13-8-7-12(10-17-13)11-18-14(16-5)19-15(2,3)4/h7-8,10H,6,9,11H2,1-5H3,(H2,16,18,19). The van der Waals surface area contributed by atoms with Crippen molar-refractivity contribution in [3.8, 4) is 5.88 Å². The molecule has 0 spiro atoms. The number of pyridine rings is 1. The normalized spacial score (nSPS) is 12.2. The lowest BCUT2D eigenvalue weighted by Gasteiger charge is -2.23. The maximum Gasteiger partial charge on any atom is 0.213 e. The molecule has 0 radical (unpaired) electrons. The molecule has 2 N–H and O–H groups in total. The Morgan fingerprint density at radius 1 is 1.35 bits per heavy atom. The molecule has 0 aromatic carbocycles. The van der Waals surface area contributed by atoms with E-state index in [1.807, 2.05) is 18.3 Å². The Kier molecular flexibility index (Phi) is 6.28. The fourth-order valence-corrected chi connectivity index (χ4v) is 1.53. The lowest BCUT2D eigenvalue weighted by atomic mass is 10.1. The fourth-order valence-electron chi connectivity index (χ4n) is 1.53. The van der Waals surface area contributed by atoms with Crippen molar-refractivity contribution in [2.75, 3.05) is 13.7 Å². The molecule has 0 fully saturated rings. The van der Waals surface area contributed by atoms with Gasteiger partial charge in [0.05, 0.1) is 6.61 Å². The van der Waals surface area contributed by atoms with E-state index in [-0.39, 0.29) is 5.54 Å². The summed E-state index contributed by atoms with van der Waals surface area (Å²) in [5.41, 5.74) is 1.07. The largest absolute Gasteiger partial charge is 0.478 e. The monoisotopic (exact) mass is 278 g/mol. The van der Waals surface area contributed by atoms with E-state index in [1.165, 1.54) is 0 Å². The number of nitrogens with one attached hydrogen (secondary N) is 2. The molecule has 0 aliphatic carbocycles.